The summed E-state index contributed by atoms with van der Waals surface area (Å²) in [4.78, 5) is 0. The summed E-state index contributed by atoms with van der Waals surface area (Å²) in [6.45, 7) is 2.93. The molecule has 0 aromatic heterocycles. The van der Waals surface area contributed by atoms with Gasteiger partial charge < -0.3 is 19.5 Å². The molecule has 0 spiro atoms. The molecule has 1 aromatic carbocycles. The maximum atomic E-state index is 5.31. The molecule has 7 heteroatoms. The number of methoxy groups -OCH3 is 1. The topological polar surface area (TPSA) is 64.1 Å². The maximum Gasteiger partial charge on any atom is 0.231 e. The Kier molecular flexibility index (Phi) is 4.40. The average Bonchev–Trinajstić information content (AvgIpc) is 2.85. The molecule has 0 unspecified atom stereocenters. The van der Waals surface area contributed by atoms with Crippen molar-refractivity contribution in [2.75, 3.05) is 20.4 Å². The van der Waals surface area contributed by atoms with Crippen LogP contribution in [-0.4, -0.2) is 31.8 Å². The fourth-order valence-electron chi connectivity index (χ4n) is 1.58. The highest BCUT2D eigenvalue weighted by molar-refractivity contribution is 7.80. The summed E-state index contributed by atoms with van der Waals surface area (Å²) in [5.41, 5.74) is 3.49. The van der Waals surface area contributed by atoms with Gasteiger partial charge in [0, 0.05) is 18.2 Å². The monoisotopic (exact) mass is 281 g/mol. The van der Waals surface area contributed by atoms with Crippen molar-refractivity contribution in [1.29, 1.82) is 0 Å². The van der Waals surface area contributed by atoms with Crippen molar-refractivity contribution in [3.63, 3.8) is 0 Å². The minimum atomic E-state index is 0.224. The highest BCUT2D eigenvalue weighted by atomic mass is 32.1. The molecule has 6 nitrogen and oxygen atoms in total. The summed E-state index contributed by atoms with van der Waals surface area (Å²) in [5, 5.41) is 7.44. The summed E-state index contributed by atoms with van der Waals surface area (Å²) < 4.78 is 15.9. The lowest BCUT2D eigenvalue weighted by Crippen LogP contribution is -2.31. The molecule has 19 heavy (non-hydrogen) atoms. The number of hydrogen-bond donors (Lipinski definition) is 2. The molecule has 0 fully saturated rings. The molecule has 0 radical (unpaired) electrons. The molecule has 0 saturated heterocycles. The van der Waals surface area contributed by atoms with Crippen LogP contribution in [0.2, 0.25) is 0 Å². The van der Waals surface area contributed by atoms with Gasteiger partial charge in [-0.1, -0.05) is 0 Å². The van der Waals surface area contributed by atoms with E-state index in [0.717, 1.165) is 12.1 Å². The average molecular weight is 281 g/mol. The first-order chi connectivity index (χ1) is 9.24. The summed E-state index contributed by atoms with van der Waals surface area (Å²) in [6, 6.07) is 3.58. The molecule has 1 aliphatic rings. The maximum absolute atomic E-state index is 5.31. The summed E-state index contributed by atoms with van der Waals surface area (Å²) in [7, 11) is 1.59. The quantitative estimate of drug-likeness (QED) is 0.492. The molecule has 2 rings (SSSR count). The van der Waals surface area contributed by atoms with Gasteiger partial charge in [0.05, 0.1) is 13.3 Å². The van der Waals surface area contributed by atoms with Crippen molar-refractivity contribution in [2.45, 2.75) is 6.92 Å². The number of nitrogens with one attached hydrogen (secondary N) is 2. The van der Waals surface area contributed by atoms with E-state index in [-0.39, 0.29) is 6.79 Å². The Morgan fingerprint density at radius 3 is 2.89 bits per heavy atom. The highest BCUT2D eigenvalue weighted by Gasteiger charge is 2.16. The van der Waals surface area contributed by atoms with Gasteiger partial charge in [0.1, 0.15) is 5.75 Å². The van der Waals surface area contributed by atoms with Gasteiger partial charge in [0.15, 0.2) is 16.6 Å². The molecule has 0 aliphatic carbocycles. The third-order valence-corrected chi connectivity index (χ3v) is 2.67. The van der Waals surface area contributed by atoms with E-state index in [2.05, 4.69) is 15.8 Å². The lowest BCUT2D eigenvalue weighted by molar-refractivity contribution is 0.174. The van der Waals surface area contributed by atoms with E-state index in [9.17, 15) is 0 Å². The van der Waals surface area contributed by atoms with Crippen molar-refractivity contribution >= 4 is 23.5 Å². The minimum Gasteiger partial charge on any atom is -0.496 e. The van der Waals surface area contributed by atoms with Gasteiger partial charge in [-0.2, -0.15) is 5.10 Å². The van der Waals surface area contributed by atoms with Gasteiger partial charge in [-0.15, -0.1) is 0 Å². The van der Waals surface area contributed by atoms with Crippen LogP contribution in [-0.2, 0) is 0 Å². The zero-order valence-electron chi connectivity index (χ0n) is 10.7. The Morgan fingerprint density at radius 2 is 2.21 bits per heavy atom. The standard InChI is InChI=1S/C12H15N3O3S/c1-3-13-12(19)15-14-6-8-4-10-11(18-7-17-10)5-9(8)16-2/h4-6H,3,7H2,1-2H3,(H2,13,15,19)/b14-6-. The lowest BCUT2D eigenvalue weighted by Gasteiger charge is -2.06. The Hall–Kier alpha value is -2.02. The molecule has 1 aliphatic heterocycles. The third-order valence-electron chi connectivity index (χ3n) is 2.43. The van der Waals surface area contributed by atoms with E-state index in [1.54, 1.807) is 19.4 Å². The van der Waals surface area contributed by atoms with Crippen LogP contribution in [0, 0.1) is 0 Å². The zero-order valence-corrected chi connectivity index (χ0v) is 11.5. The van der Waals surface area contributed by atoms with Gasteiger partial charge >= 0.3 is 0 Å². The van der Waals surface area contributed by atoms with Crippen LogP contribution in [0.1, 0.15) is 12.5 Å². The lowest BCUT2D eigenvalue weighted by atomic mass is 10.2. The molecular formula is C12H15N3O3S. The Morgan fingerprint density at radius 1 is 1.47 bits per heavy atom. The fraction of sp³-hybridized carbons (Fsp3) is 0.333. The molecular weight excluding hydrogens is 266 g/mol. The number of rotatable bonds is 4. The predicted molar refractivity (Wildman–Crippen MR) is 76.1 cm³/mol. The second-order valence-corrected chi connectivity index (χ2v) is 4.09. The fourth-order valence-corrected chi connectivity index (χ4v) is 1.77. The zero-order chi connectivity index (χ0) is 13.7. The Balaban J connectivity index is 2.11. The molecule has 0 saturated carbocycles. The van der Waals surface area contributed by atoms with E-state index in [1.165, 1.54) is 0 Å². The van der Waals surface area contributed by atoms with Crippen LogP contribution in [0.4, 0.5) is 0 Å². The van der Waals surface area contributed by atoms with E-state index < -0.39 is 0 Å². The Bertz CT molecular complexity index is 505. The molecule has 0 amide bonds. The number of benzene rings is 1. The Labute approximate surface area is 116 Å². The summed E-state index contributed by atoms with van der Waals surface area (Å²) >= 11 is 5.00. The van der Waals surface area contributed by atoms with Crippen molar-refractivity contribution in [2.24, 2.45) is 5.10 Å². The van der Waals surface area contributed by atoms with Gasteiger partial charge in [-0.05, 0) is 25.2 Å². The molecule has 0 bridgehead atoms. The van der Waals surface area contributed by atoms with Crippen LogP contribution in [0.25, 0.3) is 0 Å². The number of fused-ring (bicyclic) bond motifs is 1. The van der Waals surface area contributed by atoms with Crippen LogP contribution >= 0.6 is 12.2 Å². The normalized spacial score (nSPS) is 12.5. The van der Waals surface area contributed by atoms with Gasteiger partial charge in [0.2, 0.25) is 6.79 Å². The molecule has 0 atom stereocenters. The SMILES string of the molecule is CCNC(=S)N/N=C\c1cc2c(cc1OC)OCO2. The van der Waals surface area contributed by atoms with Crippen LogP contribution in [0.3, 0.4) is 0 Å². The molecule has 1 aromatic rings. The second-order valence-electron chi connectivity index (χ2n) is 3.68. The number of thiocarbonyl (C=S) groups is 1. The molecule has 2 N–H and O–H groups in total. The smallest absolute Gasteiger partial charge is 0.231 e. The minimum absolute atomic E-state index is 0.224. The first-order valence-corrected chi connectivity index (χ1v) is 6.20. The second kappa shape index (κ2) is 6.24. The summed E-state index contributed by atoms with van der Waals surface area (Å²) in [5.74, 6) is 2.01. The third kappa shape index (κ3) is 3.25. The van der Waals surface area contributed by atoms with E-state index in [0.29, 0.717) is 22.4 Å². The number of hydrogen-bond acceptors (Lipinski definition) is 5. The van der Waals surface area contributed by atoms with Gasteiger partial charge in [0.25, 0.3) is 0 Å². The van der Waals surface area contributed by atoms with Crippen molar-refractivity contribution in [3.05, 3.63) is 17.7 Å². The largest absolute Gasteiger partial charge is 0.496 e. The van der Waals surface area contributed by atoms with E-state index in [4.69, 9.17) is 26.4 Å². The predicted octanol–water partition coefficient (Wildman–Crippen LogP) is 1.24. The van der Waals surface area contributed by atoms with Crippen molar-refractivity contribution < 1.29 is 14.2 Å². The first-order valence-electron chi connectivity index (χ1n) is 5.79. The number of hydrazone groups is 1. The van der Waals surface area contributed by atoms with Crippen LogP contribution in [0.5, 0.6) is 17.2 Å². The van der Waals surface area contributed by atoms with Crippen molar-refractivity contribution in [1.82, 2.24) is 10.7 Å². The van der Waals surface area contributed by atoms with Crippen LogP contribution < -0.4 is 25.0 Å². The number of ether oxygens (including phenoxy) is 3. The van der Waals surface area contributed by atoms with E-state index in [1.807, 2.05) is 13.0 Å². The number of nitrogens with zero attached hydrogens (tertiary/aromatic N) is 1. The van der Waals surface area contributed by atoms with Crippen molar-refractivity contribution in [3.8, 4) is 17.2 Å². The molecule has 102 valence electrons. The van der Waals surface area contributed by atoms with E-state index >= 15 is 0 Å². The summed E-state index contributed by atoms with van der Waals surface area (Å²) in [6.07, 6.45) is 1.62. The van der Waals surface area contributed by atoms with Crippen LogP contribution in [0.15, 0.2) is 17.2 Å². The van der Waals surface area contributed by atoms with Gasteiger partial charge in [-0.25, -0.2) is 0 Å². The van der Waals surface area contributed by atoms with Gasteiger partial charge in [-0.3, -0.25) is 5.43 Å². The highest BCUT2D eigenvalue weighted by Crippen LogP contribution is 2.37. The molecule has 1 heterocycles. The first kappa shape index (κ1) is 13.4.